The van der Waals surface area contributed by atoms with Gasteiger partial charge in [-0.2, -0.15) is 0 Å². The van der Waals surface area contributed by atoms with E-state index in [1.54, 1.807) is 18.2 Å². The van der Waals surface area contributed by atoms with Gasteiger partial charge in [0.05, 0.1) is 18.7 Å². The van der Waals surface area contributed by atoms with E-state index >= 15 is 0 Å². The Bertz CT molecular complexity index is 536. The van der Waals surface area contributed by atoms with Gasteiger partial charge < -0.3 is 15.4 Å². The number of piperidine rings is 1. The smallest absolute Gasteiger partial charge is 0.227 e. The number of ketones is 1. The van der Waals surface area contributed by atoms with Crippen LogP contribution in [-0.2, 0) is 4.79 Å². The highest BCUT2D eigenvalue weighted by Crippen LogP contribution is 2.29. The zero-order chi connectivity index (χ0) is 13.9. The average molecular weight is 274 g/mol. The fourth-order valence-corrected chi connectivity index (χ4v) is 2.68. The van der Waals surface area contributed by atoms with Crippen LogP contribution in [0.4, 0.5) is 5.69 Å². The molecule has 0 saturated carbocycles. The number of fused-ring (bicyclic) bond motifs is 1. The summed E-state index contributed by atoms with van der Waals surface area (Å²) in [6.07, 6.45) is 2.29. The van der Waals surface area contributed by atoms with Crippen molar-refractivity contribution in [3.63, 3.8) is 0 Å². The zero-order valence-electron chi connectivity index (χ0n) is 11.3. The van der Waals surface area contributed by atoms with Crippen LogP contribution in [0.1, 0.15) is 29.6 Å². The van der Waals surface area contributed by atoms with Crippen LogP contribution in [0.2, 0.25) is 0 Å². The number of rotatable bonds is 2. The van der Waals surface area contributed by atoms with Gasteiger partial charge in [-0.3, -0.25) is 9.59 Å². The van der Waals surface area contributed by atoms with Crippen molar-refractivity contribution in [1.82, 2.24) is 5.32 Å². The van der Waals surface area contributed by atoms with Crippen LogP contribution in [0, 0.1) is 5.92 Å². The molecule has 5 heteroatoms. The van der Waals surface area contributed by atoms with Gasteiger partial charge in [-0.25, -0.2) is 0 Å². The molecule has 20 heavy (non-hydrogen) atoms. The van der Waals surface area contributed by atoms with E-state index in [-0.39, 0.29) is 17.6 Å². The van der Waals surface area contributed by atoms with Crippen LogP contribution < -0.4 is 15.4 Å². The predicted octanol–water partition coefficient (Wildman–Crippen LogP) is 1.59. The third kappa shape index (κ3) is 2.67. The number of carbonyl (C=O) groups is 2. The van der Waals surface area contributed by atoms with Crippen molar-refractivity contribution >= 4 is 17.4 Å². The average Bonchev–Trinajstić information content (AvgIpc) is 2.67. The molecule has 2 N–H and O–H groups in total. The van der Waals surface area contributed by atoms with Crippen LogP contribution >= 0.6 is 0 Å². The van der Waals surface area contributed by atoms with Crippen molar-refractivity contribution in [2.75, 3.05) is 25.0 Å². The summed E-state index contributed by atoms with van der Waals surface area (Å²) in [5, 5.41) is 6.04. The van der Waals surface area contributed by atoms with E-state index in [9.17, 15) is 9.59 Å². The summed E-state index contributed by atoms with van der Waals surface area (Å²) in [7, 11) is 0. The lowest BCUT2D eigenvalue weighted by Gasteiger charge is -2.21. The summed E-state index contributed by atoms with van der Waals surface area (Å²) < 4.78 is 5.49. The Balaban J connectivity index is 1.83. The number of nitrogens with one attached hydrogen (secondary N) is 2. The molecule has 1 atom stereocenters. The Hall–Kier alpha value is -1.88. The van der Waals surface area contributed by atoms with Crippen molar-refractivity contribution in [3.05, 3.63) is 23.8 Å². The number of ether oxygens (including phenoxy) is 1. The molecular weight excluding hydrogens is 256 g/mol. The molecule has 1 unspecified atom stereocenters. The lowest BCUT2D eigenvalue weighted by molar-refractivity contribution is -0.116. The first-order valence-corrected chi connectivity index (χ1v) is 7.05. The summed E-state index contributed by atoms with van der Waals surface area (Å²) >= 11 is 0. The highest BCUT2D eigenvalue weighted by Gasteiger charge is 2.23. The molecule has 0 bridgehead atoms. The van der Waals surface area contributed by atoms with Gasteiger partial charge in [-0.15, -0.1) is 0 Å². The Labute approximate surface area is 117 Å². The van der Waals surface area contributed by atoms with Crippen molar-refractivity contribution < 1.29 is 14.3 Å². The van der Waals surface area contributed by atoms with E-state index in [1.807, 2.05) is 0 Å². The molecule has 1 amide bonds. The molecule has 1 aromatic carbocycles. The van der Waals surface area contributed by atoms with E-state index in [4.69, 9.17) is 4.74 Å². The number of hydrogen-bond acceptors (Lipinski definition) is 4. The van der Waals surface area contributed by atoms with E-state index < -0.39 is 0 Å². The second-order valence-electron chi connectivity index (χ2n) is 5.27. The molecule has 5 nitrogen and oxygen atoms in total. The van der Waals surface area contributed by atoms with E-state index in [2.05, 4.69) is 10.6 Å². The Morgan fingerprint density at radius 2 is 2.25 bits per heavy atom. The van der Waals surface area contributed by atoms with E-state index in [0.29, 0.717) is 30.0 Å². The number of hydrogen-bond donors (Lipinski definition) is 2. The topological polar surface area (TPSA) is 67.4 Å². The number of amides is 1. The number of Topliss-reactive ketones (excluding diaryl/α,β-unsaturated/α-hetero) is 1. The van der Waals surface area contributed by atoms with Gasteiger partial charge in [0, 0.05) is 18.0 Å². The minimum atomic E-state index is -0.0762. The van der Waals surface area contributed by atoms with Gasteiger partial charge in [-0.05, 0) is 37.6 Å². The van der Waals surface area contributed by atoms with E-state index in [1.165, 1.54) is 0 Å². The minimum Gasteiger partial charge on any atom is -0.491 e. The highest BCUT2D eigenvalue weighted by atomic mass is 16.5. The first-order chi connectivity index (χ1) is 9.74. The highest BCUT2D eigenvalue weighted by molar-refractivity contribution is 6.01. The van der Waals surface area contributed by atoms with Gasteiger partial charge >= 0.3 is 0 Å². The number of anilines is 1. The molecule has 2 aliphatic heterocycles. The fraction of sp³-hybridized carbons (Fsp3) is 0.467. The van der Waals surface area contributed by atoms with Gasteiger partial charge in [0.2, 0.25) is 5.91 Å². The largest absolute Gasteiger partial charge is 0.491 e. The number of benzene rings is 1. The summed E-state index contributed by atoms with van der Waals surface area (Å²) in [4.78, 5) is 24.0. The second kappa shape index (κ2) is 5.63. The Kier molecular flexibility index (Phi) is 3.69. The normalized spacial score (nSPS) is 22.2. The third-order valence-electron chi connectivity index (χ3n) is 3.79. The van der Waals surface area contributed by atoms with E-state index in [0.717, 1.165) is 25.9 Å². The Morgan fingerprint density at radius 3 is 3.05 bits per heavy atom. The molecule has 1 saturated heterocycles. The van der Waals surface area contributed by atoms with Crippen LogP contribution in [0.5, 0.6) is 5.75 Å². The molecule has 1 fully saturated rings. The maximum absolute atomic E-state index is 12.5. The van der Waals surface area contributed by atoms with Gasteiger partial charge in [0.1, 0.15) is 5.75 Å². The Morgan fingerprint density at radius 1 is 1.35 bits per heavy atom. The fourth-order valence-electron chi connectivity index (χ4n) is 2.68. The summed E-state index contributed by atoms with van der Waals surface area (Å²) in [6, 6.07) is 5.28. The molecular formula is C15H18N2O3. The predicted molar refractivity (Wildman–Crippen MR) is 75.1 cm³/mol. The van der Waals surface area contributed by atoms with Crippen LogP contribution in [0.3, 0.4) is 0 Å². The first kappa shape index (κ1) is 13.1. The monoisotopic (exact) mass is 274 g/mol. The molecule has 3 rings (SSSR count). The molecule has 0 spiro atoms. The molecule has 2 heterocycles. The third-order valence-corrected chi connectivity index (χ3v) is 3.79. The van der Waals surface area contributed by atoms with Crippen molar-refractivity contribution in [2.24, 2.45) is 5.92 Å². The second-order valence-corrected chi connectivity index (χ2v) is 5.27. The summed E-state index contributed by atoms with van der Waals surface area (Å²) in [5.74, 6) is 0.726. The van der Waals surface area contributed by atoms with Crippen LogP contribution in [0.15, 0.2) is 18.2 Å². The lowest BCUT2D eigenvalue weighted by atomic mass is 9.91. The summed E-state index contributed by atoms with van der Waals surface area (Å²) in [5.41, 5.74) is 1.24. The maximum atomic E-state index is 12.5. The standard InChI is InChI=1S/C15H18N2O3/c18-14-5-7-20-13-4-3-10(8-12(13)17-14)15(19)11-2-1-6-16-9-11/h3-4,8,11,16H,1-2,5-7,9H2,(H,17,18). The van der Waals surface area contributed by atoms with Crippen molar-refractivity contribution in [1.29, 1.82) is 0 Å². The quantitative estimate of drug-likeness (QED) is 0.804. The van der Waals surface area contributed by atoms with Crippen molar-refractivity contribution in [2.45, 2.75) is 19.3 Å². The molecule has 106 valence electrons. The maximum Gasteiger partial charge on any atom is 0.227 e. The van der Waals surface area contributed by atoms with Crippen LogP contribution in [0.25, 0.3) is 0 Å². The molecule has 0 radical (unpaired) electrons. The van der Waals surface area contributed by atoms with Gasteiger partial charge in [0.15, 0.2) is 5.78 Å². The molecule has 2 aliphatic rings. The lowest BCUT2D eigenvalue weighted by Crippen LogP contribution is -2.34. The zero-order valence-corrected chi connectivity index (χ0v) is 11.3. The first-order valence-electron chi connectivity index (χ1n) is 7.05. The molecule has 0 aromatic heterocycles. The van der Waals surface area contributed by atoms with Gasteiger partial charge in [-0.1, -0.05) is 0 Å². The minimum absolute atomic E-state index is 0.0317. The van der Waals surface area contributed by atoms with Crippen molar-refractivity contribution in [3.8, 4) is 5.75 Å². The number of carbonyl (C=O) groups excluding carboxylic acids is 2. The van der Waals surface area contributed by atoms with Crippen LogP contribution in [-0.4, -0.2) is 31.4 Å². The summed E-state index contributed by atoms with van der Waals surface area (Å²) in [6.45, 7) is 2.09. The van der Waals surface area contributed by atoms with Gasteiger partial charge in [0.25, 0.3) is 0 Å². The molecule has 1 aromatic rings. The molecule has 0 aliphatic carbocycles. The SMILES string of the molecule is O=C1CCOc2ccc(C(=O)C3CCCNC3)cc2N1.